The highest BCUT2D eigenvalue weighted by Gasteiger charge is 2.37. The van der Waals surface area contributed by atoms with Crippen LogP contribution in [0.5, 0.6) is 0 Å². The molecule has 0 unspecified atom stereocenters. The third-order valence-corrected chi connectivity index (χ3v) is 14.2. The van der Waals surface area contributed by atoms with Crippen LogP contribution >= 0.6 is 0 Å². The molecule has 1 aliphatic carbocycles. The summed E-state index contributed by atoms with van der Waals surface area (Å²) >= 11 is 0. The summed E-state index contributed by atoms with van der Waals surface area (Å²) in [4.78, 5) is 31.6. The SMILES string of the molecule is CC1(C)c2ccccc2-c2c(-c3nc(-c4ccccc4)nc(-n4c5ccccc5c5ccc6c7ccccc7n(-c7cccc(-c8nc(-c9ccccc9)nc(-c9ccccc9)n8)c7)c6c54)n3)cccc21. The van der Waals surface area contributed by atoms with E-state index in [1.54, 1.807) is 0 Å². The highest BCUT2D eigenvalue weighted by molar-refractivity contribution is 6.23. The fourth-order valence-corrected chi connectivity index (χ4v) is 10.9. The highest BCUT2D eigenvalue weighted by Crippen LogP contribution is 2.52. The van der Waals surface area contributed by atoms with E-state index >= 15 is 0 Å². The second-order valence-electron chi connectivity index (χ2n) is 18.7. The molecule has 13 aromatic rings. The van der Waals surface area contributed by atoms with Gasteiger partial charge in [0.15, 0.2) is 29.1 Å². The van der Waals surface area contributed by atoms with Gasteiger partial charge in [0.1, 0.15) is 0 Å². The predicted molar refractivity (Wildman–Crippen MR) is 287 cm³/mol. The van der Waals surface area contributed by atoms with Gasteiger partial charge >= 0.3 is 0 Å². The molecule has 1 aliphatic rings. The number of nitrogens with zero attached hydrogens (tertiary/aromatic N) is 8. The second-order valence-corrected chi connectivity index (χ2v) is 18.7. The molecule has 0 fully saturated rings. The fourth-order valence-electron chi connectivity index (χ4n) is 10.9. The van der Waals surface area contributed by atoms with Crippen LogP contribution in [-0.2, 0) is 5.41 Å². The molecule has 0 spiro atoms. The van der Waals surface area contributed by atoms with Crippen molar-refractivity contribution in [2.24, 2.45) is 0 Å². The van der Waals surface area contributed by atoms with Gasteiger partial charge in [-0.15, -0.1) is 0 Å². The summed E-state index contributed by atoms with van der Waals surface area (Å²) in [5.41, 5.74) is 14.4. The van der Waals surface area contributed by atoms with Crippen molar-refractivity contribution in [3.63, 3.8) is 0 Å². The van der Waals surface area contributed by atoms with Crippen molar-refractivity contribution in [3.05, 3.63) is 230 Å². The van der Waals surface area contributed by atoms with Crippen molar-refractivity contribution >= 4 is 43.6 Å². The summed E-state index contributed by atoms with van der Waals surface area (Å²) in [6, 6.07) is 76.1. The van der Waals surface area contributed by atoms with E-state index in [0.29, 0.717) is 35.1 Å². The Bertz CT molecular complexity index is 4190. The van der Waals surface area contributed by atoms with Crippen molar-refractivity contribution in [3.8, 4) is 79.7 Å². The molecule has 4 aromatic heterocycles. The number of aromatic nitrogens is 8. The van der Waals surface area contributed by atoms with Crippen LogP contribution in [0.15, 0.2) is 218 Å². The van der Waals surface area contributed by atoms with Crippen LogP contribution in [0.25, 0.3) is 123 Å². The van der Waals surface area contributed by atoms with E-state index in [1.165, 1.54) is 22.3 Å². The summed E-state index contributed by atoms with van der Waals surface area (Å²) in [5.74, 6) is 3.57. The van der Waals surface area contributed by atoms with Crippen molar-refractivity contribution in [2.75, 3.05) is 0 Å². The topological polar surface area (TPSA) is 87.2 Å². The molecule has 0 aliphatic heterocycles. The molecule has 8 heteroatoms. The van der Waals surface area contributed by atoms with Gasteiger partial charge in [0.25, 0.3) is 0 Å². The minimum absolute atomic E-state index is 0.193. The average Bonchev–Trinajstić information content (AvgIpc) is 4.04. The van der Waals surface area contributed by atoms with Crippen molar-refractivity contribution in [2.45, 2.75) is 19.3 Å². The van der Waals surface area contributed by atoms with Gasteiger partial charge in [-0.05, 0) is 46.5 Å². The molecule has 0 amide bonds. The van der Waals surface area contributed by atoms with Gasteiger partial charge in [0.05, 0.1) is 22.1 Å². The smallest absolute Gasteiger partial charge is 0.238 e. The summed E-state index contributed by atoms with van der Waals surface area (Å²) < 4.78 is 4.64. The zero-order valence-electron chi connectivity index (χ0n) is 38.9. The highest BCUT2D eigenvalue weighted by atomic mass is 15.2. The van der Waals surface area contributed by atoms with Gasteiger partial charge in [-0.1, -0.05) is 208 Å². The quantitative estimate of drug-likeness (QED) is 0.158. The van der Waals surface area contributed by atoms with Crippen molar-refractivity contribution in [1.82, 2.24) is 39.0 Å². The standard InChI is InChI=1S/C63H42N8/c1-63(2)50-32-15-12-30-48(50)54-49(31-19-33-51(54)63)61-67-59(41-24-10-5-11-25-41)68-62(69-61)71-53-35-17-14-29-45(53)47-37-36-46-44-28-13-16-34-52(44)70(55(46)56(47)71)43-27-18-26-42(38-43)60-65-57(39-20-6-3-7-21-39)64-58(66-60)40-22-8-4-9-23-40/h3-38H,1-2H3. The molecular weight excluding hydrogens is 869 g/mol. The molecule has 14 rings (SSSR count). The van der Waals surface area contributed by atoms with E-state index < -0.39 is 0 Å². The van der Waals surface area contributed by atoms with Crippen molar-refractivity contribution < 1.29 is 0 Å². The molecule has 334 valence electrons. The van der Waals surface area contributed by atoms with E-state index in [1.807, 2.05) is 78.9 Å². The zero-order chi connectivity index (χ0) is 47.2. The van der Waals surface area contributed by atoms with E-state index in [9.17, 15) is 0 Å². The van der Waals surface area contributed by atoms with E-state index in [0.717, 1.165) is 77.1 Å². The molecule has 0 radical (unpaired) electrons. The Hall–Kier alpha value is -9.40. The fraction of sp³-hybridized carbons (Fsp3) is 0.0476. The van der Waals surface area contributed by atoms with Crippen LogP contribution in [-0.4, -0.2) is 39.0 Å². The first-order chi connectivity index (χ1) is 35.0. The minimum atomic E-state index is -0.193. The van der Waals surface area contributed by atoms with Crippen LogP contribution < -0.4 is 0 Å². The summed E-state index contributed by atoms with van der Waals surface area (Å²) in [6.45, 7) is 4.61. The molecule has 0 bridgehead atoms. The van der Waals surface area contributed by atoms with Crippen LogP contribution in [0.1, 0.15) is 25.0 Å². The Kier molecular flexibility index (Phi) is 9.06. The molecule has 9 aromatic carbocycles. The summed E-state index contributed by atoms with van der Waals surface area (Å²) in [7, 11) is 0. The predicted octanol–water partition coefficient (Wildman–Crippen LogP) is 14.9. The number of hydrogen-bond acceptors (Lipinski definition) is 6. The average molecular weight is 911 g/mol. The van der Waals surface area contributed by atoms with Gasteiger partial charge in [0.2, 0.25) is 5.95 Å². The molecule has 0 N–H and O–H groups in total. The number of fused-ring (bicyclic) bond motifs is 10. The zero-order valence-corrected chi connectivity index (χ0v) is 38.9. The molecule has 71 heavy (non-hydrogen) atoms. The van der Waals surface area contributed by atoms with Gasteiger partial charge in [-0.3, -0.25) is 4.57 Å². The number of hydrogen-bond donors (Lipinski definition) is 0. The van der Waals surface area contributed by atoms with E-state index in [-0.39, 0.29) is 5.41 Å². The molecule has 8 nitrogen and oxygen atoms in total. The van der Waals surface area contributed by atoms with E-state index in [4.69, 9.17) is 29.9 Å². The third-order valence-electron chi connectivity index (χ3n) is 14.2. The molecular formula is C63H42N8. The Morgan fingerprint density at radius 2 is 0.761 bits per heavy atom. The first kappa shape index (κ1) is 40.6. The molecule has 0 saturated carbocycles. The maximum atomic E-state index is 5.56. The van der Waals surface area contributed by atoms with Gasteiger partial charge in [-0.25, -0.2) is 19.9 Å². The van der Waals surface area contributed by atoms with Crippen LogP contribution in [0, 0.1) is 0 Å². The lowest BCUT2D eigenvalue weighted by Crippen LogP contribution is -2.14. The normalized spacial score (nSPS) is 12.8. The van der Waals surface area contributed by atoms with Crippen LogP contribution in [0.3, 0.4) is 0 Å². The Balaban J connectivity index is 1.05. The van der Waals surface area contributed by atoms with Gasteiger partial charge in [0, 0.05) is 60.5 Å². The molecule has 0 saturated heterocycles. The second kappa shape index (κ2) is 15.8. The molecule has 4 heterocycles. The Morgan fingerprint density at radius 1 is 0.324 bits per heavy atom. The number of rotatable bonds is 7. The Morgan fingerprint density at radius 3 is 1.39 bits per heavy atom. The summed E-state index contributed by atoms with van der Waals surface area (Å²) in [5, 5.41) is 4.43. The summed E-state index contributed by atoms with van der Waals surface area (Å²) in [6.07, 6.45) is 0. The van der Waals surface area contributed by atoms with Gasteiger partial charge < -0.3 is 4.57 Å². The largest absolute Gasteiger partial charge is 0.307 e. The van der Waals surface area contributed by atoms with E-state index in [2.05, 4.69) is 163 Å². The minimum Gasteiger partial charge on any atom is -0.307 e. The first-order valence-corrected chi connectivity index (χ1v) is 24.0. The Labute approximate surface area is 409 Å². The van der Waals surface area contributed by atoms with Crippen LogP contribution in [0.4, 0.5) is 0 Å². The molecule has 0 atom stereocenters. The van der Waals surface area contributed by atoms with Crippen LogP contribution in [0.2, 0.25) is 0 Å². The van der Waals surface area contributed by atoms with Crippen molar-refractivity contribution in [1.29, 1.82) is 0 Å². The maximum Gasteiger partial charge on any atom is 0.238 e. The lowest BCUT2D eigenvalue weighted by atomic mass is 9.82. The number of para-hydroxylation sites is 2. The monoisotopic (exact) mass is 910 g/mol. The lowest BCUT2D eigenvalue weighted by molar-refractivity contribution is 0.660. The maximum absolute atomic E-state index is 5.56. The number of benzene rings is 9. The first-order valence-electron chi connectivity index (χ1n) is 24.0. The third kappa shape index (κ3) is 6.38. The van der Waals surface area contributed by atoms with Gasteiger partial charge in [-0.2, -0.15) is 9.97 Å². The lowest BCUT2D eigenvalue weighted by Gasteiger charge is -2.21.